The van der Waals surface area contributed by atoms with Crippen molar-refractivity contribution < 1.29 is 23.9 Å². The van der Waals surface area contributed by atoms with Crippen LogP contribution < -0.4 is 0 Å². The quantitative estimate of drug-likeness (QED) is 0.386. The molecular weight excluding hydrogens is 344 g/mol. The van der Waals surface area contributed by atoms with Crippen molar-refractivity contribution in [3.8, 4) is 11.1 Å². The minimum atomic E-state index is -0.752. The molecule has 0 bridgehead atoms. The van der Waals surface area contributed by atoms with Gasteiger partial charge in [-0.05, 0) is 17.2 Å². The largest absolute Gasteiger partial charge is 0.386 e. The van der Waals surface area contributed by atoms with E-state index in [0.717, 1.165) is 0 Å². The van der Waals surface area contributed by atoms with Crippen LogP contribution in [0.4, 0.5) is 0 Å². The number of ketones is 2. The summed E-state index contributed by atoms with van der Waals surface area (Å²) in [5.41, 5.74) is 2.33. The summed E-state index contributed by atoms with van der Waals surface area (Å²) in [4.78, 5) is 50.1. The standard InChI is InChI=1S/C22H10O5/c23-19-13-5-1-2-6-14(13)20(24)17-11(7-3-9-15(17)19)12-8-4-10-16-18(12)22(26)27-21(16)25/h1-10H. The molecule has 0 N–H and O–H groups in total. The SMILES string of the molecule is O=C1OC(=O)c2c1cccc2-c1cccc2c1C(=O)c1ccccc1C2=O. The molecule has 5 nitrogen and oxygen atoms in total. The second-order valence-electron chi connectivity index (χ2n) is 6.34. The maximum atomic E-state index is 13.2. The molecule has 3 aromatic carbocycles. The molecule has 1 heterocycles. The summed E-state index contributed by atoms with van der Waals surface area (Å²) in [6.45, 7) is 0. The summed E-state index contributed by atoms with van der Waals surface area (Å²) in [5, 5.41) is 0. The van der Waals surface area contributed by atoms with Gasteiger partial charge in [-0.25, -0.2) is 9.59 Å². The molecule has 5 rings (SSSR count). The molecular formula is C22H10O5. The van der Waals surface area contributed by atoms with E-state index in [4.69, 9.17) is 4.74 Å². The van der Waals surface area contributed by atoms with E-state index in [1.54, 1.807) is 54.6 Å². The average Bonchev–Trinajstić information content (AvgIpc) is 2.99. The molecule has 2 aliphatic rings. The lowest BCUT2D eigenvalue weighted by molar-refractivity contribution is 0.0443. The molecule has 27 heavy (non-hydrogen) atoms. The third-order valence-electron chi connectivity index (χ3n) is 4.92. The molecule has 1 aliphatic heterocycles. The van der Waals surface area contributed by atoms with Gasteiger partial charge in [0.1, 0.15) is 0 Å². The summed E-state index contributed by atoms with van der Waals surface area (Å²) in [6, 6.07) is 16.4. The van der Waals surface area contributed by atoms with Crippen LogP contribution in [-0.4, -0.2) is 23.5 Å². The molecule has 0 atom stereocenters. The van der Waals surface area contributed by atoms with Gasteiger partial charge in [-0.3, -0.25) is 9.59 Å². The van der Waals surface area contributed by atoms with Gasteiger partial charge in [0.2, 0.25) is 0 Å². The Bertz CT molecular complexity index is 1220. The van der Waals surface area contributed by atoms with Crippen molar-refractivity contribution in [2.45, 2.75) is 0 Å². The number of carbonyl (C=O) groups is 4. The summed E-state index contributed by atoms with van der Waals surface area (Å²) in [6.07, 6.45) is 0. The molecule has 0 unspecified atom stereocenters. The summed E-state index contributed by atoms with van der Waals surface area (Å²) in [5.74, 6) is -1.99. The lowest BCUT2D eigenvalue weighted by atomic mass is 9.79. The lowest BCUT2D eigenvalue weighted by Crippen LogP contribution is -2.21. The smallest absolute Gasteiger partial charge is 0.347 e. The predicted molar refractivity (Wildman–Crippen MR) is 94.9 cm³/mol. The van der Waals surface area contributed by atoms with Crippen LogP contribution >= 0.6 is 0 Å². The number of ether oxygens (including phenoxy) is 1. The van der Waals surface area contributed by atoms with E-state index in [1.165, 1.54) is 6.07 Å². The number of fused-ring (bicyclic) bond motifs is 3. The van der Waals surface area contributed by atoms with Crippen LogP contribution in [0.15, 0.2) is 60.7 Å². The monoisotopic (exact) mass is 354 g/mol. The maximum Gasteiger partial charge on any atom is 0.347 e. The van der Waals surface area contributed by atoms with Gasteiger partial charge in [0, 0.05) is 22.3 Å². The lowest BCUT2D eigenvalue weighted by Gasteiger charge is -2.20. The van der Waals surface area contributed by atoms with Crippen LogP contribution in [0.2, 0.25) is 0 Å². The van der Waals surface area contributed by atoms with E-state index < -0.39 is 11.9 Å². The molecule has 1 aliphatic carbocycles. The zero-order valence-corrected chi connectivity index (χ0v) is 13.8. The number of rotatable bonds is 1. The van der Waals surface area contributed by atoms with E-state index in [1.807, 2.05) is 0 Å². The third-order valence-corrected chi connectivity index (χ3v) is 4.92. The van der Waals surface area contributed by atoms with Crippen molar-refractivity contribution in [1.29, 1.82) is 0 Å². The van der Waals surface area contributed by atoms with Crippen molar-refractivity contribution in [3.63, 3.8) is 0 Å². The number of cyclic esters (lactones) is 2. The van der Waals surface area contributed by atoms with Gasteiger partial charge in [0.25, 0.3) is 0 Å². The van der Waals surface area contributed by atoms with Crippen molar-refractivity contribution in [3.05, 3.63) is 94.0 Å². The Morgan fingerprint density at radius 2 is 0.963 bits per heavy atom. The van der Waals surface area contributed by atoms with Gasteiger partial charge < -0.3 is 4.74 Å². The zero-order valence-electron chi connectivity index (χ0n) is 13.8. The first-order valence-electron chi connectivity index (χ1n) is 8.29. The first-order chi connectivity index (χ1) is 13.1. The Kier molecular flexibility index (Phi) is 3.03. The second kappa shape index (κ2) is 5.32. The number of carbonyl (C=O) groups excluding carboxylic acids is 4. The van der Waals surface area contributed by atoms with Gasteiger partial charge in [0.15, 0.2) is 11.6 Å². The number of hydrogen-bond acceptors (Lipinski definition) is 5. The predicted octanol–water partition coefficient (Wildman–Crippen LogP) is 3.44. The maximum absolute atomic E-state index is 13.2. The number of esters is 2. The van der Waals surface area contributed by atoms with E-state index in [0.29, 0.717) is 22.3 Å². The van der Waals surface area contributed by atoms with Crippen molar-refractivity contribution in [2.24, 2.45) is 0 Å². The van der Waals surface area contributed by atoms with Crippen LogP contribution in [0.3, 0.4) is 0 Å². The Morgan fingerprint density at radius 1 is 0.444 bits per heavy atom. The van der Waals surface area contributed by atoms with Crippen LogP contribution in [-0.2, 0) is 4.74 Å². The van der Waals surface area contributed by atoms with Gasteiger partial charge in [0.05, 0.1) is 11.1 Å². The molecule has 0 aromatic heterocycles. The van der Waals surface area contributed by atoms with Gasteiger partial charge >= 0.3 is 11.9 Å². The summed E-state index contributed by atoms with van der Waals surface area (Å²) < 4.78 is 4.71. The van der Waals surface area contributed by atoms with Crippen LogP contribution in [0.25, 0.3) is 11.1 Å². The fraction of sp³-hybridized carbons (Fsp3) is 0. The molecule has 0 spiro atoms. The highest BCUT2D eigenvalue weighted by molar-refractivity contribution is 6.31. The topological polar surface area (TPSA) is 77.5 Å². The fourth-order valence-electron chi connectivity index (χ4n) is 3.73. The van der Waals surface area contributed by atoms with E-state index in [-0.39, 0.29) is 33.8 Å². The van der Waals surface area contributed by atoms with E-state index in [9.17, 15) is 19.2 Å². The third kappa shape index (κ3) is 1.99. The van der Waals surface area contributed by atoms with Gasteiger partial charge in [-0.15, -0.1) is 0 Å². The van der Waals surface area contributed by atoms with Crippen molar-refractivity contribution in [2.75, 3.05) is 0 Å². The molecule has 0 amide bonds. The highest BCUT2D eigenvalue weighted by Gasteiger charge is 2.36. The van der Waals surface area contributed by atoms with E-state index in [2.05, 4.69) is 0 Å². The van der Waals surface area contributed by atoms with Gasteiger partial charge in [-0.2, -0.15) is 0 Å². The highest BCUT2D eigenvalue weighted by Crippen LogP contribution is 2.38. The molecule has 0 saturated heterocycles. The van der Waals surface area contributed by atoms with E-state index >= 15 is 0 Å². The summed E-state index contributed by atoms with van der Waals surface area (Å²) in [7, 11) is 0. The van der Waals surface area contributed by atoms with Crippen LogP contribution in [0.1, 0.15) is 52.6 Å². The normalized spacial score (nSPS) is 14.5. The van der Waals surface area contributed by atoms with Crippen LogP contribution in [0, 0.1) is 0 Å². The minimum absolute atomic E-state index is 0.120. The first-order valence-corrected chi connectivity index (χ1v) is 8.29. The molecule has 0 radical (unpaired) electrons. The molecule has 3 aromatic rings. The summed E-state index contributed by atoms with van der Waals surface area (Å²) >= 11 is 0. The Balaban J connectivity index is 1.82. The number of hydrogen-bond donors (Lipinski definition) is 0. The molecule has 0 saturated carbocycles. The Hall–Kier alpha value is -3.86. The Labute approximate surface area is 153 Å². The number of benzene rings is 3. The molecule has 0 fully saturated rings. The second-order valence-corrected chi connectivity index (χ2v) is 6.34. The van der Waals surface area contributed by atoms with Crippen molar-refractivity contribution >= 4 is 23.5 Å². The van der Waals surface area contributed by atoms with Gasteiger partial charge in [-0.1, -0.05) is 54.6 Å². The minimum Gasteiger partial charge on any atom is -0.386 e. The Morgan fingerprint density at radius 3 is 1.67 bits per heavy atom. The first kappa shape index (κ1) is 15.4. The average molecular weight is 354 g/mol. The van der Waals surface area contributed by atoms with Crippen molar-refractivity contribution in [1.82, 2.24) is 0 Å². The zero-order chi connectivity index (χ0) is 18.7. The molecule has 128 valence electrons. The van der Waals surface area contributed by atoms with Crippen LogP contribution in [0.5, 0.6) is 0 Å². The fourth-order valence-corrected chi connectivity index (χ4v) is 3.73. The molecule has 5 heteroatoms. The highest BCUT2D eigenvalue weighted by atomic mass is 16.6.